The fraction of sp³-hybridized carbons (Fsp3) is 0.833. The Labute approximate surface area is 64.4 Å². The van der Waals surface area contributed by atoms with Crippen molar-refractivity contribution in [1.82, 2.24) is 0 Å². The van der Waals surface area contributed by atoms with E-state index in [4.69, 9.17) is 10.2 Å². The summed E-state index contributed by atoms with van der Waals surface area (Å²) >= 11 is 1.44. The highest BCUT2D eigenvalue weighted by atomic mass is 32.2. The Balaban J connectivity index is 3.40. The van der Waals surface area contributed by atoms with Crippen LogP contribution in [0.15, 0.2) is 0 Å². The van der Waals surface area contributed by atoms with Crippen molar-refractivity contribution in [3.63, 3.8) is 0 Å². The topological polar surface area (TPSA) is 57.5 Å². The van der Waals surface area contributed by atoms with E-state index in [0.29, 0.717) is 5.25 Å². The Kier molecular flexibility index (Phi) is 4.47. The summed E-state index contributed by atoms with van der Waals surface area (Å²) in [6, 6.07) is 0. The van der Waals surface area contributed by atoms with E-state index < -0.39 is 12.1 Å². The Morgan fingerprint density at radius 1 is 1.60 bits per heavy atom. The molecule has 1 atom stereocenters. The third-order valence-electron chi connectivity index (χ3n) is 0.872. The molecule has 0 aliphatic heterocycles. The van der Waals surface area contributed by atoms with Gasteiger partial charge in [-0.3, -0.25) is 0 Å². The van der Waals surface area contributed by atoms with Crippen LogP contribution in [0.2, 0.25) is 0 Å². The first kappa shape index (κ1) is 9.78. The van der Waals surface area contributed by atoms with Crippen LogP contribution >= 0.6 is 11.8 Å². The highest BCUT2D eigenvalue weighted by Gasteiger charge is 2.12. The molecule has 60 valence electrons. The van der Waals surface area contributed by atoms with Crippen molar-refractivity contribution < 1.29 is 15.0 Å². The molecule has 0 bridgehead atoms. The number of carboxylic acids is 1. The number of aliphatic carboxylic acids is 1. The number of carbonyl (C=O) groups is 1. The number of rotatable bonds is 4. The van der Waals surface area contributed by atoms with E-state index in [0.717, 1.165) is 0 Å². The summed E-state index contributed by atoms with van der Waals surface area (Å²) in [5.41, 5.74) is 0. The van der Waals surface area contributed by atoms with Gasteiger partial charge in [-0.1, -0.05) is 13.8 Å². The van der Waals surface area contributed by atoms with Crippen molar-refractivity contribution >= 4 is 17.7 Å². The Morgan fingerprint density at radius 3 is 2.40 bits per heavy atom. The molecule has 0 aromatic carbocycles. The van der Waals surface area contributed by atoms with Gasteiger partial charge in [0.15, 0.2) is 6.10 Å². The van der Waals surface area contributed by atoms with Gasteiger partial charge in [-0.2, -0.15) is 11.8 Å². The van der Waals surface area contributed by atoms with Gasteiger partial charge in [-0.25, -0.2) is 4.79 Å². The van der Waals surface area contributed by atoms with E-state index >= 15 is 0 Å². The fourth-order valence-electron chi connectivity index (χ4n) is 0.355. The maximum absolute atomic E-state index is 10.0. The molecule has 0 aromatic heterocycles. The van der Waals surface area contributed by atoms with Gasteiger partial charge < -0.3 is 10.2 Å². The number of carboxylic acid groups (broad SMARTS) is 1. The van der Waals surface area contributed by atoms with Crippen LogP contribution in [0, 0.1) is 0 Å². The Bertz CT molecular complexity index is 114. The average Bonchev–Trinajstić information content (AvgIpc) is 1.82. The fourth-order valence-corrected chi connectivity index (χ4v) is 1.06. The first-order chi connectivity index (χ1) is 4.54. The first-order valence-corrected chi connectivity index (χ1v) is 4.11. The molecule has 0 rings (SSSR count). The minimum absolute atomic E-state index is 0.271. The second kappa shape index (κ2) is 4.57. The molecule has 0 spiro atoms. The second-order valence-corrected chi connectivity index (χ2v) is 3.85. The third-order valence-corrected chi connectivity index (χ3v) is 2.05. The minimum atomic E-state index is -1.22. The largest absolute Gasteiger partial charge is 0.479 e. The van der Waals surface area contributed by atoms with Crippen LogP contribution in [0.3, 0.4) is 0 Å². The van der Waals surface area contributed by atoms with Crippen molar-refractivity contribution in [2.45, 2.75) is 25.2 Å². The van der Waals surface area contributed by atoms with E-state index in [1.165, 1.54) is 11.8 Å². The average molecular weight is 164 g/mol. The minimum Gasteiger partial charge on any atom is -0.479 e. The molecule has 3 nitrogen and oxygen atoms in total. The molecule has 0 aliphatic rings. The molecule has 0 aliphatic carbocycles. The van der Waals surface area contributed by atoms with Gasteiger partial charge in [-0.05, 0) is 5.25 Å². The van der Waals surface area contributed by atoms with Gasteiger partial charge in [0, 0.05) is 5.75 Å². The zero-order valence-corrected chi connectivity index (χ0v) is 6.89. The zero-order chi connectivity index (χ0) is 8.15. The molecule has 0 amide bonds. The summed E-state index contributed by atoms with van der Waals surface area (Å²) in [7, 11) is 0. The highest BCUT2D eigenvalue weighted by Crippen LogP contribution is 2.10. The molecule has 0 radical (unpaired) electrons. The quantitative estimate of drug-likeness (QED) is 0.638. The van der Waals surface area contributed by atoms with Crippen LogP contribution in [0.25, 0.3) is 0 Å². The van der Waals surface area contributed by atoms with E-state index in [9.17, 15) is 4.79 Å². The molecule has 4 heteroatoms. The lowest BCUT2D eigenvalue weighted by molar-refractivity contribution is -0.145. The molecule has 0 heterocycles. The SMILES string of the molecule is CC(C)SC[C@H](O)C(=O)O. The lowest BCUT2D eigenvalue weighted by Gasteiger charge is -2.06. The number of aliphatic hydroxyl groups excluding tert-OH is 1. The van der Waals surface area contributed by atoms with Crippen LogP contribution in [0.4, 0.5) is 0 Å². The predicted octanol–water partition coefficient (Wildman–Crippen LogP) is 0.574. The zero-order valence-electron chi connectivity index (χ0n) is 6.07. The van der Waals surface area contributed by atoms with Gasteiger partial charge >= 0.3 is 5.97 Å². The van der Waals surface area contributed by atoms with Crippen LogP contribution < -0.4 is 0 Å². The van der Waals surface area contributed by atoms with Crippen LogP contribution in [0.1, 0.15) is 13.8 Å². The lowest BCUT2D eigenvalue weighted by Crippen LogP contribution is -2.22. The van der Waals surface area contributed by atoms with Gasteiger partial charge in [0.05, 0.1) is 0 Å². The maximum Gasteiger partial charge on any atom is 0.333 e. The molecule has 0 aromatic rings. The molecule has 2 N–H and O–H groups in total. The number of hydrogen-bond acceptors (Lipinski definition) is 3. The first-order valence-electron chi connectivity index (χ1n) is 3.06. The number of thioether (sulfide) groups is 1. The summed E-state index contributed by atoms with van der Waals surface area (Å²) in [5, 5.41) is 17.4. The van der Waals surface area contributed by atoms with E-state index in [2.05, 4.69) is 0 Å². The van der Waals surface area contributed by atoms with Crippen molar-refractivity contribution in [1.29, 1.82) is 0 Å². The van der Waals surface area contributed by atoms with Crippen LogP contribution in [0.5, 0.6) is 0 Å². The molecular weight excluding hydrogens is 152 g/mol. The van der Waals surface area contributed by atoms with Gasteiger partial charge in [0.25, 0.3) is 0 Å². The summed E-state index contributed by atoms with van der Waals surface area (Å²) in [5.74, 6) is -0.874. The summed E-state index contributed by atoms with van der Waals surface area (Å²) < 4.78 is 0. The van der Waals surface area contributed by atoms with Gasteiger partial charge in [-0.15, -0.1) is 0 Å². The van der Waals surface area contributed by atoms with E-state index in [-0.39, 0.29) is 5.75 Å². The van der Waals surface area contributed by atoms with Gasteiger partial charge in [0.1, 0.15) is 0 Å². The van der Waals surface area contributed by atoms with E-state index in [1.807, 2.05) is 13.8 Å². The third kappa shape index (κ3) is 4.64. The lowest BCUT2D eigenvalue weighted by atomic mass is 10.4. The normalized spacial score (nSPS) is 13.6. The number of aliphatic hydroxyl groups is 1. The van der Waals surface area contributed by atoms with Gasteiger partial charge in [0.2, 0.25) is 0 Å². The summed E-state index contributed by atoms with van der Waals surface area (Å²) in [4.78, 5) is 10.0. The monoisotopic (exact) mass is 164 g/mol. The molecule has 0 fully saturated rings. The van der Waals surface area contributed by atoms with Crippen molar-refractivity contribution in [2.24, 2.45) is 0 Å². The summed E-state index contributed by atoms with van der Waals surface area (Å²) in [6.07, 6.45) is -1.22. The predicted molar refractivity (Wildman–Crippen MR) is 41.2 cm³/mol. The Morgan fingerprint density at radius 2 is 2.10 bits per heavy atom. The molecule has 0 saturated heterocycles. The van der Waals surface area contributed by atoms with Crippen molar-refractivity contribution in [3.05, 3.63) is 0 Å². The Hall–Kier alpha value is -0.220. The second-order valence-electron chi connectivity index (χ2n) is 2.24. The number of hydrogen-bond donors (Lipinski definition) is 2. The van der Waals surface area contributed by atoms with Crippen LogP contribution in [-0.2, 0) is 4.79 Å². The van der Waals surface area contributed by atoms with E-state index in [1.54, 1.807) is 0 Å². The van der Waals surface area contributed by atoms with Crippen molar-refractivity contribution in [3.8, 4) is 0 Å². The molecule has 0 unspecified atom stereocenters. The highest BCUT2D eigenvalue weighted by molar-refractivity contribution is 7.99. The smallest absolute Gasteiger partial charge is 0.333 e. The maximum atomic E-state index is 10.0. The summed E-state index contributed by atoms with van der Waals surface area (Å²) in [6.45, 7) is 3.92. The standard InChI is InChI=1S/C6H12O3S/c1-4(2)10-3-5(7)6(8)9/h4-5,7H,3H2,1-2H3,(H,8,9)/t5-/m0/s1. The molecule has 10 heavy (non-hydrogen) atoms. The molecular formula is C6H12O3S. The van der Waals surface area contributed by atoms with Crippen molar-refractivity contribution in [2.75, 3.05) is 5.75 Å². The van der Waals surface area contributed by atoms with Crippen LogP contribution in [-0.4, -0.2) is 33.3 Å². The molecule has 0 saturated carbocycles.